The number of hydrogen-bond donors (Lipinski definition) is 0. The fourth-order valence-electron chi connectivity index (χ4n) is 1.12. The van der Waals surface area contributed by atoms with E-state index in [-0.39, 0.29) is 0 Å². The first kappa shape index (κ1) is 8.02. The first-order valence-electron chi connectivity index (χ1n) is 3.99. The molecular weight excluding hydrogens is 126 g/mol. The Labute approximate surface area is 63.2 Å². The maximum absolute atomic E-state index is 5.27. The van der Waals surface area contributed by atoms with Crippen LogP contribution in [0.25, 0.3) is 0 Å². The first-order valence-corrected chi connectivity index (χ1v) is 3.99. The van der Waals surface area contributed by atoms with Gasteiger partial charge >= 0.3 is 0 Å². The smallest absolute Gasteiger partial charge is 0.0995 e. The van der Waals surface area contributed by atoms with Gasteiger partial charge in [0.25, 0.3) is 0 Å². The number of hydrogen-bond acceptors (Lipinski definition) is 2. The van der Waals surface area contributed by atoms with Crippen LogP contribution in [0.2, 0.25) is 0 Å². The minimum Gasteiger partial charge on any atom is -0.365 e. The first-order chi connectivity index (χ1) is 4.67. The molecule has 1 fully saturated rings. The van der Waals surface area contributed by atoms with Gasteiger partial charge in [-0.25, -0.2) is 0 Å². The molecule has 0 amide bonds. The van der Waals surface area contributed by atoms with Crippen LogP contribution < -0.4 is 0 Å². The topological polar surface area (TPSA) is 12.5 Å². The number of rotatable bonds is 2. The molecule has 0 N–H and O–H groups in total. The molecule has 0 aliphatic carbocycles. The molecule has 1 aliphatic heterocycles. The molecule has 2 heteroatoms. The van der Waals surface area contributed by atoms with Crippen LogP contribution in [-0.2, 0) is 4.74 Å². The summed E-state index contributed by atoms with van der Waals surface area (Å²) in [5, 5.41) is 0. The number of nitrogens with zero attached hydrogens (tertiary/aromatic N) is 1. The maximum Gasteiger partial charge on any atom is 0.0995 e. The molecule has 0 aromatic heterocycles. The van der Waals surface area contributed by atoms with E-state index in [4.69, 9.17) is 4.74 Å². The monoisotopic (exact) mass is 143 g/mol. The molecule has 0 radical (unpaired) electrons. The summed E-state index contributed by atoms with van der Waals surface area (Å²) in [6, 6.07) is 0. The van der Waals surface area contributed by atoms with Crippen LogP contribution in [0, 0.1) is 0 Å². The Hall–Kier alpha value is -0.0800. The molecule has 60 valence electrons. The molecule has 1 saturated heterocycles. The van der Waals surface area contributed by atoms with Gasteiger partial charge in [0, 0.05) is 12.1 Å². The zero-order valence-electron chi connectivity index (χ0n) is 7.18. The molecule has 0 spiro atoms. The Morgan fingerprint density at radius 1 is 1.50 bits per heavy atom. The van der Waals surface area contributed by atoms with Crippen LogP contribution in [0.3, 0.4) is 0 Å². The van der Waals surface area contributed by atoms with Gasteiger partial charge in [0.05, 0.1) is 13.3 Å². The zero-order valence-corrected chi connectivity index (χ0v) is 7.18. The largest absolute Gasteiger partial charge is 0.365 e. The van der Waals surface area contributed by atoms with Crippen molar-refractivity contribution in [2.45, 2.75) is 32.7 Å². The van der Waals surface area contributed by atoms with Crippen molar-refractivity contribution in [3.63, 3.8) is 0 Å². The minimum atomic E-state index is 0.330. The Morgan fingerprint density at radius 2 is 2.20 bits per heavy atom. The molecule has 0 aromatic carbocycles. The van der Waals surface area contributed by atoms with Crippen molar-refractivity contribution in [2.24, 2.45) is 0 Å². The molecule has 10 heavy (non-hydrogen) atoms. The van der Waals surface area contributed by atoms with Gasteiger partial charge < -0.3 is 4.74 Å². The lowest BCUT2D eigenvalue weighted by Gasteiger charge is -2.32. The second kappa shape index (κ2) is 2.89. The van der Waals surface area contributed by atoms with E-state index in [1.165, 1.54) is 6.42 Å². The lowest BCUT2D eigenvalue weighted by molar-refractivity contribution is 0.0728. The van der Waals surface area contributed by atoms with Crippen LogP contribution >= 0.6 is 0 Å². The predicted molar refractivity (Wildman–Crippen MR) is 41.9 cm³/mol. The van der Waals surface area contributed by atoms with E-state index >= 15 is 0 Å². The van der Waals surface area contributed by atoms with Crippen LogP contribution in [0.15, 0.2) is 0 Å². The van der Waals surface area contributed by atoms with E-state index in [1.54, 1.807) is 0 Å². The lowest BCUT2D eigenvalue weighted by Crippen LogP contribution is -2.41. The molecule has 1 heterocycles. The molecule has 0 saturated carbocycles. The van der Waals surface area contributed by atoms with Crippen LogP contribution in [0.4, 0.5) is 0 Å². The SMILES string of the molecule is CCC(C)(C)N1CCOC1. The van der Waals surface area contributed by atoms with Crippen LogP contribution in [-0.4, -0.2) is 30.3 Å². The third kappa shape index (κ3) is 1.50. The molecule has 2 nitrogen and oxygen atoms in total. The summed E-state index contributed by atoms with van der Waals surface area (Å²) in [6.45, 7) is 9.58. The van der Waals surface area contributed by atoms with Gasteiger partial charge in [-0.15, -0.1) is 0 Å². The Kier molecular flexibility index (Phi) is 2.32. The third-order valence-electron chi connectivity index (χ3n) is 2.47. The van der Waals surface area contributed by atoms with Gasteiger partial charge in [-0.2, -0.15) is 0 Å². The Morgan fingerprint density at radius 3 is 2.60 bits per heavy atom. The highest BCUT2D eigenvalue weighted by molar-refractivity contribution is 4.79. The minimum absolute atomic E-state index is 0.330. The Balaban J connectivity index is 2.45. The number of ether oxygens (including phenoxy) is 1. The molecule has 0 unspecified atom stereocenters. The van der Waals surface area contributed by atoms with Crippen molar-refractivity contribution in [2.75, 3.05) is 19.9 Å². The van der Waals surface area contributed by atoms with Gasteiger partial charge in [-0.05, 0) is 20.3 Å². The normalized spacial score (nSPS) is 21.9. The molecule has 1 rings (SSSR count). The highest BCUT2D eigenvalue weighted by Gasteiger charge is 2.27. The van der Waals surface area contributed by atoms with Crippen LogP contribution in [0.1, 0.15) is 27.2 Å². The highest BCUT2D eigenvalue weighted by atomic mass is 16.5. The summed E-state index contributed by atoms with van der Waals surface area (Å²) in [6.07, 6.45) is 1.19. The molecular formula is C8H17NO. The van der Waals surface area contributed by atoms with E-state index in [0.29, 0.717) is 5.54 Å². The zero-order chi connectivity index (χ0) is 7.61. The van der Waals surface area contributed by atoms with E-state index in [0.717, 1.165) is 19.9 Å². The van der Waals surface area contributed by atoms with E-state index in [9.17, 15) is 0 Å². The van der Waals surface area contributed by atoms with Gasteiger partial charge in [-0.1, -0.05) is 6.92 Å². The standard InChI is InChI=1S/C8H17NO/c1-4-8(2,3)9-5-6-10-7-9/h4-7H2,1-3H3. The van der Waals surface area contributed by atoms with Gasteiger partial charge in [-0.3, -0.25) is 4.90 Å². The third-order valence-corrected chi connectivity index (χ3v) is 2.47. The summed E-state index contributed by atoms with van der Waals surface area (Å²) in [7, 11) is 0. The fourth-order valence-corrected chi connectivity index (χ4v) is 1.12. The van der Waals surface area contributed by atoms with Crippen molar-refractivity contribution in [1.82, 2.24) is 4.90 Å². The van der Waals surface area contributed by atoms with Crippen LogP contribution in [0.5, 0.6) is 0 Å². The second-order valence-electron chi connectivity index (χ2n) is 3.47. The van der Waals surface area contributed by atoms with Gasteiger partial charge in [0.15, 0.2) is 0 Å². The van der Waals surface area contributed by atoms with E-state index < -0.39 is 0 Å². The summed E-state index contributed by atoms with van der Waals surface area (Å²) >= 11 is 0. The highest BCUT2D eigenvalue weighted by Crippen LogP contribution is 2.20. The predicted octanol–water partition coefficient (Wildman–Crippen LogP) is 1.46. The average Bonchev–Trinajstić information content (AvgIpc) is 2.38. The van der Waals surface area contributed by atoms with E-state index in [2.05, 4.69) is 25.7 Å². The summed E-state index contributed by atoms with van der Waals surface area (Å²) < 4.78 is 5.27. The average molecular weight is 143 g/mol. The maximum atomic E-state index is 5.27. The quantitative estimate of drug-likeness (QED) is 0.580. The summed E-state index contributed by atoms with van der Waals surface area (Å²) in [4.78, 5) is 2.38. The molecule has 0 atom stereocenters. The van der Waals surface area contributed by atoms with Crippen molar-refractivity contribution >= 4 is 0 Å². The summed E-state index contributed by atoms with van der Waals surface area (Å²) in [5.74, 6) is 0. The summed E-state index contributed by atoms with van der Waals surface area (Å²) in [5.41, 5.74) is 0.330. The van der Waals surface area contributed by atoms with Crippen molar-refractivity contribution in [3.05, 3.63) is 0 Å². The van der Waals surface area contributed by atoms with Gasteiger partial charge in [0.1, 0.15) is 0 Å². The molecule has 0 aromatic rings. The van der Waals surface area contributed by atoms with E-state index in [1.807, 2.05) is 0 Å². The molecule has 0 bridgehead atoms. The fraction of sp³-hybridized carbons (Fsp3) is 1.00. The van der Waals surface area contributed by atoms with Crippen molar-refractivity contribution < 1.29 is 4.74 Å². The Bertz CT molecular complexity index is 106. The van der Waals surface area contributed by atoms with Crippen molar-refractivity contribution in [1.29, 1.82) is 0 Å². The second-order valence-corrected chi connectivity index (χ2v) is 3.47. The lowest BCUT2D eigenvalue weighted by atomic mass is 10.0. The molecule has 1 aliphatic rings. The van der Waals surface area contributed by atoms with Gasteiger partial charge in [0.2, 0.25) is 0 Å². The van der Waals surface area contributed by atoms with Crippen molar-refractivity contribution in [3.8, 4) is 0 Å².